The third-order valence-corrected chi connectivity index (χ3v) is 4.06. The molecule has 2 heteroatoms. The van der Waals surface area contributed by atoms with Gasteiger partial charge < -0.3 is 4.74 Å². The van der Waals surface area contributed by atoms with E-state index in [2.05, 4.69) is 20.8 Å². The zero-order valence-electron chi connectivity index (χ0n) is 10.5. The van der Waals surface area contributed by atoms with Crippen molar-refractivity contribution < 1.29 is 9.53 Å². The van der Waals surface area contributed by atoms with Crippen LogP contribution in [0.4, 0.5) is 0 Å². The molecule has 0 unspecified atom stereocenters. The van der Waals surface area contributed by atoms with Crippen LogP contribution in [0.1, 0.15) is 59.8 Å². The number of hydrogen-bond donors (Lipinski definition) is 0. The fraction of sp³-hybridized carbons (Fsp3) is 0.923. The van der Waals surface area contributed by atoms with Gasteiger partial charge in [0.05, 0.1) is 0 Å². The van der Waals surface area contributed by atoms with Crippen molar-refractivity contribution in [1.29, 1.82) is 0 Å². The van der Waals surface area contributed by atoms with E-state index < -0.39 is 0 Å². The molecule has 15 heavy (non-hydrogen) atoms. The normalized spacial score (nSPS) is 31.7. The first-order chi connectivity index (χ1) is 6.98. The Hall–Kier alpha value is -0.530. The molecule has 0 saturated heterocycles. The van der Waals surface area contributed by atoms with Gasteiger partial charge in [-0.15, -0.1) is 0 Å². The summed E-state index contributed by atoms with van der Waals surface area (Å²) in [5.74, 6) is 0.675. The lowest BCUT2D eigenvalue weighted by Gasteiger charge is -2.40. The van der Waals surface area contributed by atoms with E-state index in [9.17, 15) is 4.79 Å². The quantitative estimate of drug-likeness (QED) is 0.669. The predicted molar refractivity (Wildman–Crippen MR) is 61.6 cm³/mol. The fourth-order valence-electron chi connectivity index (χ4n) is 2.22. The Morgan fingerprint density at radius 2 is 1.93 bits per heavy atom. The van der Waals surface area contributed by atoms with Gasteiger partial charge in [-0.2, -0.15) is 0 Å². The van der Waals surface area contributed by atoms with Crippen LogP contribution in [0.25, 0.3) is 0 Å². The minimum absolute atomic E-state index is 0.0480. The van der Waals surface area contributed by atoms with Gasteiger partial charge in [0.25, 0.3) is 0 Å². The largest absolute Gasteiger partial charge is 0.462 e. The van der Waals surface area contributed by atoms with E-state index in [1.165, 1.54) is 12.8 Å². The number of carbonyl (C=O) groups excluding carboxylic acids is 1. The van der Waals surface area contributed by atoms with Gasteiger partial charge in [0.2, 0.25) is 0 Å². The number of hydrogen-bond acceptors (Lipinski definition) is 2. The molecule has 0 N–H and O–H groups in total. The van der Waals surface area contributed by atoms with Crippen molar-refractivity contribution in [2.45, 2.75) is 65.9 Å². The summed E-state index contributed by atoms with van der Waals surface area (Å²) in [7, 11) is 0. The van der Waals surface area contributed by atoms with Crippen molar-refractivity contribution in [3.63, 3.8) is 0 Å². The maximum Gasteiger partial charge on any atom is 0.305 e. The second kappa shape index (κ2) is 5.00. The summed E-state index contributed by atoms with van der Waals surface area (Å²) in [6.45, 7) is 8.79. The van der Waals surface area contributed by atoms with E-state index in [0.29, 0.717) is 11.8 Å². The number of carbonyl (C=O) groups is 1. The zero-order valence-corrected chi connectivity index (χ0v) is 10.5. The lowest BCUT2D eigenvalue weighted by atomic mass is 9.68. The highest BCUT2D eigenvalue weighted by molar-refractivity contribution is 5.69. The molecular weight excluding hydrogens is 188 g/mol. The maximum absolute atomic E-state index is 11.2. The molecule has 1 rings (SSSR count). The van der Waals surface area contributed by atoms with E-state index in [4.69, 9.17) is 4.74 Å². The first-order valence-corrected chi connectivity index (χ1v) is 6.17. The molecule has 88 valence electrons. The van der Waals surface area contributed by atoms with Crippen molar-refractivity contribution in [3.05, 3.63) is 0 Å². The highest BCUT2D eigenvalue weighted by Crippen LogP contribution is 2.42. The Bertz CT molecular complexity index is 213. The van der Waals surface area contributed by atoms with Crippen LogP contribution in [-0.2, 0) is 9.53 Å². The number of ether oxygens (including phenoxy) is 1. The van der Waals surface area contributed by atoms with Crippen LogP contribution in [0, 0.1) is 11.3 Å². The molecule has 1 aliphatic rings. The van der Waals surface area contributed by atoms with Crippen LogP contribution in [0.3, 0.4) is 0 Å². The Labute approximate surface area is 93.4 Å². The van der Waals surface area contributed by atoms with E-state index in [-0.39, 0.29) is 12.1 Å². The van der Waals surface area contributed by atoms with Crippen LogP contribution in [-0.4, -0.2) is 12.1 Å². The van der Waals surface area contributed by atoms with E-state index in [1.807, 2.05) is 6.92 Å². The average Bonchev–Trinajstić information content (AvgIpc) is 2.21. The SMILES string of the molecule is CCC(=O)OC1CCC(C)(C(C)C)CC1. The van der Waals surface area contributed by atoms with Crippen molar-refractivity contribution in [1.82, 2.24) is 0 Å². The van der Waals surface area contributed by atoms with Crippen LogP contribution in [0.5, 0.6) is 0 Å². The smallest absolute Gasteiger partial charge is 0.305 e. The van der Waals surface area contributed by atoms with E-state index >= 15 is 0 Å². The average molecular weight is 212 g/mol. The molecule has 2 nitrogen and oxygen atoms in total. The Balaban J connectivity index is 2.39. The topological polar surface area (TPSA) is 26.3 Å². The summed E-state index contributed by atoms with van der Waals surface area (Å²) in [5, 5.41) is 0. The molecule has 1 aliphatic carbocycles. The second-order valence-corrected chi connectivity index (χ2v) is 5.35. The van der Waals surface area contributed by atoms with Gasteiger partial charge >= 0.3 is 5.97 Å². The Kier molecular flexibility index (Phi) is 4.18. The molecule has 1 fully saturated rings. The van der Waals surface area contributed by atoms with E-state index in [0.717, 1.165) is 18.8 Å². The Morgan fingerprint density at radius 3 is 2.33 bits per heavy atom. The summed E-state index contributed by atoms with van der Waals surface area (Å²) in [6, 6.07) is 0. The molecular formula is C13H24O2. The molecule has 0 aromatic rings. The Morgan fingerprint density at radius 1 is 1.40 bits per heavy atom. The second-order valence-electron chi connectivity index (χ2n) is 5.35. The summed E-state index contributed by atoms with van der Waals surface area (Å²) in [5.41, 5.74) is 0.453. The van der Waals surface area contributed by atoms with Crippen molar-refractivity contribution in [2.24, 2.45) is 11.3 Å². The summed E-state index contributed by atoms with van der Waals surface area (Å²) in [4.78, 5) is 11.2. The summed E-state index contributed by atoms with van der Waals surface area (Å²) >= 11 is 0. The molecule has 0 heterocycles. The molecule has 0 aromatic heterocycles. The van der Waals surface area contributed by atoms with Gasteiger partial charge in [0.15, 0.2) is 0 Å². The van der Waals surface area contributed by atoms with Crippen LogP contribution >= 0.6 is 0 Å². The molecule has 0 aromatic carbocycles. The van der Waals surface area contributed by atoms with Crippen LogP contribution in [0.2, 0.25) is 0 Å². The highest BCUT2D eigenvalue weighted by Gasteiger charge is 2.34. The lowest BCUT2D eigenvalue weighted by Crippen LogP contribution is -2.33. The highest BCUT2D eigenvalue weighted by atomic mass is 16.5. The summed E-state index contributed by atoms with van der Waals surface area (Å²) < 4.78 is 5.37. The first-order valence-electron chi connectivity index (χ1n) is 6.17. The van der Waals surface area contributed by atoms with Gasteiger partial charge in [-0.25, -0.2) is 0 Å². The third-order valence-electron chi connectivity index (χ3n) is 4.06. The summed E-state index contributed by atoms with van der Waals surface area (Å²) in [6.07, 6.45) is 5.14. The van der Waals surface area contributed by atoms with Gasteiger partial charge in [0, 0.05) is 6.42 Å². The van der Waals surface area contributed by atoms with Crippen molar-refractivity contribution in [2.75, 3.05) is 0 Å². The predicted octanol–water partition coefficient (Wildman–Crippen LogP) is 3.54. The molecule has 0 radical (unpaired) electrons. The standard InChI is InChI=1S/C13H24O2/c1-5-12(14)15-11-6-8-13(4,9-7-11)10(2)3/h10-11H,5-9H2,1-4H3. The third kappa shape index (κ3) is 3.22. The number of rotatable bonds is 3. The minimum atomic E-state index is -0.0480. The first kappa shape index (κ1) is 12.5. The molecule has 0 spiro atoms. The number of esters is 1. The van der Waals surface area contributed by atoms with Crippen LogP contribution in [0.15, 0.2) is 0 Å². The monoisotopic (exact) mass is 212 g/mol. The molecule has 0 atom stereocenters. The van der Waals surface area contributed by atoms with Crippen molar-refractivity contribution in [3.8, 4) is 0 Å². The molecule has 1 saturated carbocycles. The zero-order chi connectivity index (χ0) is 11.5. The van der Waals surface area contributed by atoms with Crippen molar-refractivity contribution >= 4 is 5.97 Å². The van der Waals surface area contributed by atoms with Gasteiger partial charge in [0.1, 0.15) is 6.10 Å². The fourth-order valence-corrected chi connectivity index (χ4v) is 2.22. The lowest BCUT2D eigenvalue weighted by molar-refractivity contribution is -0.151. The van der Waals surface area contributed by atoms with Crippen LogP contribution < -0.4 is 0 Å². The van der Waals surface area contributed by atoms with Gasteiger partial charge in [-0.3, -0.25) is 4.79 Å². The minimum Gasteiger partial charge on any atom is -0.462 e. The molecule has 0 amide bonds. The van der Waals surface area contributed by atoms with Gasteiger partial charge in [-0.1, -0.05) is 27.7 Å². The van der Waals surface area contributed by atoms with Gasteiger partial charge in [-0.05, 0) is 37.0 Å². The molecule has 0 aliphatic heterocycles. The van der Waals surface area contributed by atoms with E-state index in [1.54, 1.807) is 0 Å². The maximum atomic E-state index is 11.2. The molecule has 0 bridgehead atoms.